The van der Waals surface area contributed by atoms with Gasteiger partial charge in [-0.3, -0.25) is 9.78 Å². The predicted molar refractivity (Wildman–Crippen MR) is 103 cm³/mol. The molecule has 0 bridgehead atoms. The molecule has 2 N–H and O–H groups in total. The van der Waals surface area contributed by atoms with Crippen molar-refractivity contribution in [2.75, 3.05) is 10.6 Å². The van der Waals surface area contributed by atoms with Crippen molar-refractivity contribution < 1.29 is 4.79 Å². The van der Waals surface area contributed by atoms with E-state index in [0.29, 0.717) is 16.9 Å². The van der Waals surface area contributed by atoms with Crippen molar-refractivity contribution in [1.29, 1.82) is 5.26 Å². The highest BCUT2D eigenvalue weighted by atomic mass is 16.1. The fourth-order valence-corrected chi connectivity index (χ4v) is 2.54. The quantitative estimate of drug-likeness (QED) is 0.728. The van der Waals surface area contributed by atoms with Gasteiger partial charge in [-0.1, -0.05) is 18.2 Å². The molecule has 0 radical (unpaired) electrons. The smallest absolute Gasteiger partial charge is 0.274 e. The SMILES string of the molecule is Cc1cccc(Nc2ccnc(C(=O)Nc3cccc(C#N)c3)c2)c1C. The molecule has 128 valence electrons. The Balaban J connectivity index is 1.79. The van der Waals surface area contributed by atoms with Crippen LogP contribution in [-0.4, -0.2) is 10.9 Å². The van der Waals surface area contributed by atoms with Crippen molar-refractivity contribution in [3.8, 4) is 6.07 Å². The van der Waals surface area contributed by atoms with Gasteiger partial charge < -0.3 is 10.6 Å². The molecular formula is C21H18N4O. The molecule has 1 aromatic heterocycles. The van der Waals surface area contributed by atoms with E-state index in [4.69, 9.17) is 5.26 Å². The van der Waals surface area contributed by atoms with Crippen LogP contribution in [0.1, 0.15) is 27.2 Å². The zero-order valence-corrected chi connectivity index (χ0v) is 14.6. The predicted octanol–water partition coefficient (Wildman–Crippen LogP) is 4.57. The third-order valence-electron chi connectivity index (χ3n) is 4.13. The lowest BCUT2D eigenvalue weighted by Gasteiger charge is -2.12. The van der Waals surface area contributed by atoms with E-state index < -0.39 is 0 Å². The van der Waals surface area contributed by atoms with Gasteiger partial charge in [-0.15, -0.1) is 0 Å². The minimum Gasteiger partial charge on any atom is -0.355 e. The molecule has 0 aliphatic heterocycles. The van der Waals surface area contributed by atoms with Crippen LogP contribution in [0.2, 0.25) is 0 Å². The highest BCUT2D eigenvalue weighted by molar-refractivity contribution is 6.03. The minimum atomic E-state index is -0.329. The first-order valence-electron chi connectivity index (χ1n) is 8.17. The molecule has 5 heteroatoms. The van der Waals surface area contributed by atoms with E-state index in [1.165, 1.54) is 5.56 Å². The Labute approximate surface area is 152 Å². The second-order valence-corrected chi connectivity index (χ2v) is 5.95. The summed E-state index contributed by atoms with van der Waals surface area (Å²) >= 11 is 0. The lowest BCUT2D eigenvalue weighted by Crippen LogP contribution is -2.14. The largest absolute Gasteiger partial charge is 0.355 e. The number of benzene rings is 2. The van der Waals surface area contributed by atoms with Crippen LogP contribution < -0.4 is 10.6 Å². The summed E-state index contributed by atoms with van der Waals surface area (Å²) in [6, 6.07) is 18.4. The van der Waals surface area contributed by atoms with Gasteiger partial charge in [0.05, 0.1) is 11.6 Å². The number of aromatic nitrogens is 1. The Morgan fingerprint density at radius 1 is 1.04 bits per heavy atom. The van der Waals surface area contributed by atoms with Crippen LogP contribution in [0, 0.1) is 25.2 Å². The summed E-state index contributed by atoms with van der Waals surface area (Å²) in [4.78, 5) is 16.6. The van der Waals surface area contributed by atoms with Crippen LogP contribution in [0.5, 0.6) is 0 Å². The third kappa shape index (κ3) is 3.87. The molecule has 0 saturated heterocycles. The third-order valence-corrected chi connectivity index (χ3v) is 4.13. The fraction of sp³-hybridized carbons (Fsp3) is 0.0952. The van der Waals surface area contributed by atoms with E-state index in [9.17, 15) is 4.79 Å². The minimum absolute atomic E-state index is 0.294. The molecule has 0 spiro atoms. The molecule has 0 aliphatic rings. The van der Waals surface area contributed by atoms with Crippen LogP contribution >= 0.6 is 0 Å². The number of nitriles is 1. The van der Waals surface area contributed by atoms with E-state index in [0.717, 1.165) is 16.9 Å². The number of nitrogens with zero attached hydrogens (tertiary/aromatic N) is 2. The second kappa shape index (κ2) is 7.49. The normalized spacial score (nSPS) is 10.0. The Bertz CT molecular complexity index is 1000. The molecule has 0 atom stereocenters. The maximum absolute atomic E-state index is 12.5. The lowest BCUT2D eigenvalue weighted by molar-refractivity contribution is 0.102. The number of pyridine rings is 1. The monoisotopic (exact) mass is 342 g/mol. The topological polar surface area (TPSA) is 77.8 Å². The Hall–Kier alpha value is -3.65. The first-order chi connectivity index (χ1) is 12.6. The van der Waals surface area contributed by atoms with Gasteiger partial charge in [-0.25, -0.2) is 0 Å². The van der Waals surface area contributed by atoms with Gasteiger partial charge in [-0.05, 0) is 61.4 Å². The highest BCUT2D eigenvalue weighted by Gasteiger charge is 2.10. The van der Waals surface area contributed by atoms with Crippen LogP contribution in [0.15, 0.2) is 60.8 Å². The fourth-order valence-electron chi connectivity index (χ4n) is 2.54. The number of aryl methyl sites for hydroxylation is 1. The standard InChI is InChI=1S/C21H18N4O/c1-14-5-3-8-19(15(14)2)24-18-9-10-23-20(12-18)21(26)25-17-7-4-6-16(11-17)13-22/h3-12H,1-2H3,(H,23,24)(H,25,26). The molecule has 26 heavy (non-hydrogen) atoms. The number of nitrogens with one attached hydrogen (secondary N) is 2. The summed E-state index contributed by atoms with van der Waals surface area (Å²) in [6.07, 6.45) is 1.59. The maximum atomic E-state index is 12.5. The molecule has 5 nitrogen and oxygen atoms in total. The van der Waals surface area contributed by atoms with Gasteiger partial charge >= 0.3 is 0 Å². The molecule has 1 heterocycles. The van der Waals surface area contributed by atoms with Crippen molar-refractivity contribution in [2.24, 2.45) is 0 Å². The van der Waals surface area contributed by atoms with Crippen molar-refractivity contribution in [2.45, 2.75) is 13.8 Å². The summed E-state index contributed by atoms with van der Waals surface area (Å²) < 4.78 is 0. The first kappa shape index (κ1) is 17.2. The second-order valence-electron chi connectivity index (χ2n) is 5.95. The van der Waals surface area contributed by atoms with E-state index in [1.807, 2.05) is 24.3 Å². The van der Waals surface area contributed by atoms with E-state index in [-0.39, 0.29) is 5.91 Å². The van der Waals surface area contributed by atoms with Crippen molar-refractivity contribution in [3.63, 3.8) is 0 Å². The average molecular weight is 342 g/mol. The molecular weight excluding hydrogens is 324 g/mol. The number of anilines is 3. The summed E-state index contributed by atoms with van der Waals surface area (Å²) in [7, 11) is 0. The zero-order chi connectivity index (χ0) is 18.5. The number of hydrogen-bond acceptors (Lipinski definition) is 4. The molecule has 3 aromatic rings. The van der Waals surface area contributed by atoms with Gasteiger partial charge in [0, 0.05) is 23.3 Å². The molecule has 0 saturated carbocycles. The summed E-state index contributed by atoms with van der Waals surface area (Å²) in [5, 5.41) is 15.0. The van der Waals surface area contributed by atoms with Gasteiger partial charge in [0.2, 0.25) is 0 Å². The molecule has 2 aromatic carbocycles. The first-order valence-corrected chi connectivity index (χ1v) is 8.17. The van der Waals surface area contributed by atoms with Crippen molar-refractivity contribution in [1.82, 2.24) is 4.98 Å². The van der Waals surface area contributed by atoms with E-state index >= 15 is 0 Å². The number of carbonyl (C=O) groups is 1. The molecule has 1 amide bonds. The van der Waals surface area contributed by atoms with Crippen LogP contribution in [0.3, 0.4) is 0 Å². The van der Waals surface area contributed by atoms with E-state index in [2.05, 4.69) is 35.5 Å². The Kier molecular flexibility index (Phi) is 4.95. The number of hydrogen-bond donors (Lipinski definition) is 2. The van der Waals surface area contributed by atoms with E-state index in [1.54, 1.807) is 36.5 Å². The van der Waals surface area contributed by atoms with Crippen molar-refractivity contribution >= 4 is 23.0 Å². The van der Waals surface area contributed by atoms with Gasteiger partial charge in [0.15, 0.2) is 0 Å². The summed E-state index contributed by atoms with van der Waals surface area (Å²) in [6.45, 7) is 4.11. The Morgan fingerprint density at radius 2 is 1.85 bits per heavy atom. The summed E-state index contributed by atoms with van der Waals surface area (Å²) in [5.74, 6) is -0.329. The number of amides is 1. The van der Waals surface area contributed by atoms with Crippen LogP contribution in [-0.2, 0) is 0 Å². The van der Waals surface area contributed by atoms with Crippen LogP contribution in [0.25, 0.3) is 0 Å². The zero-order valence-electron chi connectivity index (χ0n) is 14.6. The molecule has 0 unspecified atom stereocenters. The number of rotatable bonds is 4. The van der Waals surface area contributed by atoms with Gasteiger partial charge in [0.1, 0.15) is 5.69 Å². The molecule has 3 rings (SSSR count). The average Bonchev–Trinajstić information content (AvgIpc) is 2.66. The Morgan fingerprint density at radius 3 is 2.65 bits per heavy atom. The molecule has 0 fully saturated rings. The maximum Gasteiger partial charge on any atom is 0.274 e. The van der Waals surface area contributed by atoms with Crippen LogP contribution in [0.4, 0.5) is 17.1 Å². The van der Waals surface area contributed by atoms with Gasteiger partial charge in [-0.2, -0.15) is 5.26 Å². The number of carbonyl (C=O) groups excluding carboxylic acids is 1. The molecule has 0 aliphatic carbocycles. The lowest BCUT2D eigenvalue weighted by atomic mass is 10.1. The summed E-state index contributed by atoms with van der Waals surface area (Å²) in [5.41, 5.74) is 5.46. The van der Waals surface area contributed by atoms with Gasteiger partial charge in [0.25, 0.3) is 5.91 Å². The van der Waals surface area contributed by atoms with Crippen molar-refractivity contribution in [3.05, 3.63) is 83.2 Å². The highest BCUT2D eigenvalue weighted by Crippen LogP contribution is 2.23.